The van der Waals surface area contributed by atoms with Crippen LogP contribution >= 0.6 is 11.3 Å². The summed E-state index contributed by atoms with van der Waals surface area (Å²) in [7, 11) is 1.39. The number of carbonyl (C=O) groups excluding carboxylic acids is 1. The predicted octanol–water partition coefficient (Wildman–Crippen LogP) is 3.29. The van der Waals surface area contributed by atoms with E-state index < -0.39 is 0 Å². The van der Waals surface area contributed by atoms with Crippen molar-refractivity contribution in [1.29, 1.82) is 0 Å². The van der Waals surface area contributed by atoms with Gasteiger partial charge in [0, 0.05) is 5.70 Å². The summed E-state index contributed by atoms with van der Waals surface area (Å²) in [6.07, 6.45) is 0. The zero-order chi connectivity index (χ0) is 15.5. The van der Waals surface area contributed by atoms with E-state index >= 15 is 0 Å². The molecule has 0 radical (unpaired) electrons. The fourth-order valence-electron chi connectivity index (χ4n) is 2.47. The highest BCUT2D eigenvalue weighted by Gasteiger charge is 2.30. The predicted molar refractivity (Wildman–Crippen MR) is 87.9 cm³/mol. The monoisotopic (exact) mass is 312 g/mol. The Morgan fingerprint density at radius 2 is 2.00 bits per heavy atom. The number of carbonyl (C=O) groups is 1. The van der Waals surface area contributed by atoms with Crippen molar-refractivity contribution in [3.05, 3.63) is 69.6 Å². The molecule has 2 heterocycles. The van der Waals surface area contributed by atoms with Gasteiger partial charge in [-0.15, -0.1) is 11.3 Å². The minimum absolute atomic E-state index is 0.354. The summed E-state index contributed by atoms with van der Waals surface area (Å²) in [6, 6.07) is 13.4. The maximum atomic E-state index is 12.2. The summed E-state index contributed by atoms with van der Waals surface area (Å²) >= 11 is 1.61. The standard InChI is InChI=1S/C17H16N2O2S/c1-11-14(17(20)21-2)15(12-7-4-3-5-8-12)19-16(18-11)13-9-6-10-22-13/h3-10,15H,1-2H3,(H,18,19). The number of ether oxygens (including phenoxy) is 1. The number of nitrogens with zero attached hydrogens (tertiary/aromatic N) is 1. The summed E-state index contributed by atoms with van der Waals surface area (Å²) in [5, 5.41) is 5.23. The molecule has 1 aliphatic heterocycles. The summed E-state index contributed by atoms with van der Waals surface area (Å²) in [4.78, 5) is 18.0. The lowest BCUT2D eigenvalue weighted by atomic mass is 9.96. The molecule has 1 atom stereocenters. The van der Waals surface area contributed by atoms with Crippen LogP contribution < -0.4 is 5.32 Å². The number of allylic oxidation sites excluding steroid dienone is 1. The zero-order valence-electron chi connectivity index (χ0n) is 12.4. The minimum Gasteiger partial charge on any atom is -0.466 e. The van der Waals surface area contributed by atoms with Crippen molar-refractivity contribution in [3.8, 4) is 0 Å². The van der Waals surface area contributed by atoms with Gasteiger partial charge < -0.3 is 10.1 Å². The van der Waals surface area contributed by atoms with Crippen LogP contribution in [0.5, 0.6) is 0 Å². The van der Waals surface area contributed by atoms with Gasteiger partial charge in [0.1, 0.15) is 11.9 Å². The number of thiophene rings is 1. The molecule has 1 aliphatic rings. The van der Waals surface area contributed by atoms with Crippen LogP contribution in [-0.2, 0) is 9.53 Å². The first-order chi connectivity index (χ1) is 10.7. The molecular weight excluding hydrogens is 296 g/mol. The second-order valence-corrected chi connectivity index (χ2v) is 5.87. The molecule has 0 spiro atoms. The SMILES string of the molecule is COC(=O)C1=C(C)NC(c2cccs2)=NC1c1ccccc1. The van der Waals surface area contributed by atoms with Crippen LogP contribution in [0.3, 0.4) is 0 Å². The van der Waals surface area contributed by atoms with Crippen LogP contribution in [0, 0.1) is 0 Å². The van der Waals surface area contributed by atoms with E-state index in [0.29, 0.717) is 5.57 Å². The van der Waals surface area contributed by atoms with E-state index in [1.807, 2.05) is 54.8 Å². The molecule has 0 amide bonds. The number of aliphatic imine (C=N–C) groups is 1. The average Bonchev–Trinajstić information content (AvgIpc) is 3.08. The van der Waals surface area contributed by atoms with Crippen molar-refractivity contribution < 1.29 is 9.53 Å². The number of rotatable bonds is 3. The van der Waals surface area contributed by atoms with Gasteiger partial charge >= 0.3 is 5.97 Å². The number of nitrogens with one attached hydrogen (secondary N) is 1. The van der Waals surface area contributed by atoms with Gasteiger partial charge in [-0.2, -0.15) is 0 Å². The Balaban J connectivity index is 2.08. The quantitative estimate of drug-likeness (QED) is 0.885. The van der Waals surface area contributed by atoms with Gasteiger partial charge in [-0.1, -0.05) is 36.4 Å². The van der Waals surface area contributed by atoms with E-state index in [0.717, 1.165) is 22.0 Å². The third kappa shape index (κ3) is 2.67. The third-order valence-corrected chi connectivity index (χ3v) is 4.39. The summed E-state index contributed by atoms with van der Waals surface area (Å²) in [5.74, 6) is 0.432. The topological polar surface area (TPSA) is 50.7 Å². The lowest BCUT2D eigenvalue weighted by Crippen LogP contribution is -2.32. The van der Waals surface area contributed by atoms with Crippen molar-refractivity contribution in [2.24, 2.45) is 4.99 Å². The maximum Gasteiger partial charge on any atom is 0.338 e. The number of hydrogen-bond acceptors (Lipinski definition) is 5. The van der Waals surface area contributed by atoms with Crippen LogP contribution in [0.15, 0.2) is 64.1 Å². The molecule has 1 N–H and O–H groups in total. The number of hydrogen-bond donors (Lipinski definition) is 1. The Bertz CT molecular complexity index is 733. The van der Waals surface area contributed by atoms with E-state index in [-0.39, 0.29) is 12.0 Å². The van der Waals surface area contributed by atoms with E-state index in [1.54, 1.807) is 11.3 Å². The normalized spacial score (nSPS) is 17.7. The molecule has 0 aliphatic carbocycles. The summed E-state index contributed by atoms with van der Waals surface area (Å²) in [5.41, 5.74) is 2.30. The van der Waals surface area contributed by atoms with Crippen molar-refractivity contribution >= 4 is 23.1 Å². The lowest BCUT2D eigenvalue weighted by molar-refractivity contribution is -0.136. The minimum atomic E-state index is -0.355. The molecular formula is C17H16N2O2S. The number of amidine groups is 1. The van der Waals surface area contributed by atoms with Crippen LogP contribution in [0.25, 0.3) is 0 Å². The fraction of sp³-hybridized carbons (Fsp3) is 0.176. The Morgan fingerprint density at radius 3 is 2.64 bits per heavy atom. The molecule has 1 unspecified atom stereocenters. The van der Waals surface area contributed by atoms with Crippen LogP contribution in [-0.4, -0.2) is 18.9 Å². The molecule has 1 aromatic carbocycles. The van der Waals surface area contributed by atoms with Gasteiger partial charge in [-0.05, 0) is 23.9 Å². The lowest BCUT2D eigenvalue weighted by Gasteiger charge is -2.25. The Morgan fingerprint density at radius 1 is 1.23 bits per heavy atom. The molecule has 0 fully saturated rings. The van der Waals surface area contributed by atoms with Gasteiger partial charge in [0.2, 0.25) is 0 Å². The van der Waals surface area contributed by atoms with Crippen molar-refractivity contribution in [1.82, 2.24) is 5.32 Å². The van der Waals surface area contributed by atoms with E-state index in [2.05, 4.69) is 5.32 Å². The summed E-state index contributed by atoms with van der Waals surface area (Å²) < 4.78 is 4.93. The zero-order valence-corrected chi connectivity index (χ0v) is 13.2. The maximum absolute atomic E-state index is 12.2. The number of methoxy groups -OCH3 is 1. The van der Waals surface area contributed by atoms with Gasteiger partial charge in [0.15, 0.2) is 0 Å². The molecule has 4 nitrogen and oxygen atoms in total. The smallest absolute Gasteiger partial charge is 0.338 e. The second kappa shape index (κ2) is 6.15. The van der Waals surface area contributed by atoms with Crippen LogP contribution in [0.1, 0.15) is 23.4 Å². The van der Waals surface area contributed by atoms with Crippen LogP contribution in [0.2, 0.25) is 0 Å². The third-order valence-electron chi connectivity index (χ3n) is 3.52. The molecule has 5 heteroatoms. The van der Waals surface area contributed by atoms with Crippen molar-refractivity contribution in [3.63, 3.8) is 0 Å². The molecule has 2 aromatic rings. The Labute approximate surface area is 133 Å². The highest BCUT2D eigenvalue weighted by molar-refractivity contribution is 7.12. The van der Waals surface area contributed by atoms with Crippen molar-refractivity contribution in [2.75, 3.05) is 7.11 Å². The largest absolute Gasteiger partial charge is 0.466 e. The summed E-state index contributed by atoms with van der Waals surface area (Å²) in [6.45, 7) is 1.88. The molecule has 112 valence electrons. The molecule has 0 saturated carbocycles. The molecule has 0 saturated heterocycles. The van der Waals surface area contributed by atoms with E-state index in [4.69, 9.17) is 9.73 Å². The number of benzene rings is 1. The Kier molecular flexibility index (Phi) is 4.06. The molecule has 1 aromatic heterocycles. The van der Waals surface area contributed by atoms with E-state index in [1.165, 1.54) is 7.11 Å². The molecule has 0 bridgehead atoms. The van der Waals surface area contributed by atoms with E-state index in [9.17, 15) is 4.79 Å². The highest BCUT2D eigenvalue weighted by atomic mass is 32.1. The molecule has 22 heavy (non-hydrogen) atoms. The number of esters is 1. The Hall–Kier alpha value is -2.40. The first kappa shape index (κ1) is 14.5. The van der Waals surface area contributed by atoms with Gasteiger partial charge in [-0.25, -0.2) is 4.79 Å². The molecule has 3 rings (SSSR count). The van der Waals surface area contributed by atoms with Gasteiger partial charge in [0.25, 0.3) is 0 Å². The fourth-order valence-corrected chi connectivity index (χ4v) is 3.14. The highest BCUT2D eigenvalue weighted by Crippen LogP contribution is 2.32. The first-order valence-corrected chi connectivity index (χ1v) is 7.81. The van der Waals surface area contributed by atoms with Crippen LogP contribution in [0.4, 0.5) is 0 Å². The van der Waals surface area contributed by atoms with Gasteiger partial charge in [0.05, 0.1) is 17.6 Å². The van der Waals surface area contributed by atoms with Gasteiger partial charge in [-0.3, -0.25) is 4.99 Å². The first-order valence-electron chi connectivity index (χ1n) is 6.93. The average molecular weight is 312 g/mol. The second-order valence-electron chi connectivity index (χ2n) is 4.92. The van der Waals surface area contributed by atoms with Crippen molar-refractivity contribution in [2.45, 2.75) is 13.0 Å².